The molecule has 1 atom stereocenters. The van der Waals surface area contributed by atoms with Crippen LogP contribution in [0.2, 0.25) is 0 Å². The molecule has 1 amide bonds. The van der Waals surface area contributed by atoms with Crippen LogP contribution in [0.25, 0.3) is 10.9 Å². The number of aromatic amines is 1. The number of benzene rings is 1. The molecule has 1 unspecified atom stereocenters. The van der Waals surface area contributed by atoms with Gasteiger partial charge in [-0.3, -0.25) is 9.89 Å². The van der Waals surface area contributed by atoms with E-state index in [-0.39, 0.29) is 11.9 Å². The standard InChI is InChI=1S/C16H18N6O/c1-21-8-7-18-15(21)13-10-17-6-9-22(13)16(23)14-11-4-2-3-5-12(11)19-20-14/h2-5,7-8,13,17H,6,9-10H2,1H3,(H,19,20). The van der Waals surface area contributed by atoms with Crippen molar-refractivity contribution >= 4 is 16.8 Å². The number of hydrogen-bond acceptors (Lipinski definition) is 4. The molecule has 1 aromatic carbocycles. The molecule has 7 nitrogen and oxygen atoms in total. The van der Waals surface area contributed by atoms with Crippen molar-refractivity contribution in [2.24, 2.45) is 7.05 Å². The number of aromatic nitrogens is 4. The van der Waals surface area contributed by atoms with Crippen molar-refractivity contribution in [3.8, 4) is 0 Å². The lowest BCUT2D eigenvalue weighted by molar-refractivity contribution is 0.0616. The number of hydrogen-bond donors (Lipinski definition) is 2. The first kappa shape index (κ1) is 14.0. The average Bonchev–Trinajstić information content (AvgIpc) is 3.20. The van der Waals surface area contributed by atoms with Gasteiger partial charge in [0.2, 0.25) is 0 Å². The van der Waals surface area contributed by atoms with Gasteiger partial charge in [0.25, 0.3) is 5.91 Å². The van der Waals surface area contributed by atoms with Crippen LogP contribution in [-0.2, 0) is 7.05 Å². The van der Waals surface area contributed by atoms with Crippen LogP contribution in [0.3, 0.4) is 0 Å². The maximum atomic E-state index is 13.1. The number of fused-ring (bicyclic) bond motifs is 1. The Balaban J connectivity index is 1.72. The maximum absolute atomic E-state index is 13.1. The molecule has 3 aromatic rings. The molecule has 1 aliphatic heterocycles. The Bertz CT molecular complexity index is 851. The second-order valence-corrected chi connectivity index (χ2v) is 5.73. The van der Waals surface area contributed by atoms with Crippen molar-refractivity contribution in [3.05, 3.63) is 48.2 Å². The highest BCUT2D eigenvalue weighted by atomic mass is 16.2. The van der Waals surface area contributed by atoms with Gasteiger partial charge in [-0.1, -0.05) is 18.2 Å². The molecule has 1 aliphatic rings. The summed E-state index contributed by atoms with van der Waals surface area (Å²) >= 11 is 0. The van der Waals surface area contributed by atoms with Crippen LogP contribution in [0.15, 0.2) is 36.7 Å². The Kier molecular flexibility index (Phi) is 3.34. The van der Waals surface area contributed by atoms with Crippen LogP contribution in [0.5, 0.6) is 0 Å². The normalized spacial score (nSPS) is 18.5. The Morgan fingerprint density at radius 1 is 1.35 bits per heavy atom. The Morgan fingerprint density at radius 2 is 2.22 bits per heavy atom. The van der Waals surface area contributed by atoms with Crippen molar-refractivity contribution in [3.63, 3.8) is 0 Å². The fourth-order valence-corrected chi connectivity index (χ4v) is 3.14. The number of aryl methyl sites for hydroxylation is 1. The maximum Gasteiger partial charge on any atom is 0.275 e. The van der Waals surface area contributed by atoms with Gasteiger partial charge in [0.1, 0.15) is 11.9 Å². The zero-order valence-corrected chi connectivity index (χ0v) is 12.9. The largest absolute Gasteiger partial charge is 0.336 e. The second-order valence-electron chi connectivity index (χ2n) is 5.73. The Morgan fingerprint density at radius 3 is 3.04 bits per heavy atom. The zero-order chi connectivity index (χ0) is 15.8. The van der Waals surface area contributed by atoms with Gasteiger partial charge in [0.05, 0.1) is 5.52 Å². The summed E-state index contributed by atoms with van der Waals surface area (Å²) in [5, 5.41) is 11.4. The molecule has 3 heterocycles. The van der Waals surface area contributed by atoms with Crippen molar-refractivity contribution in [1.82, 2.24) is 30.0 Å². The van der Waals surface area contributed by atoms with Crippen LogP contribution in [0, 0.1) is 0 Å². The van der Waals surface area contributed by atoms with E-state index in [1.807, 2.05) is 47.0 Å². The molecule has 1 saturated heterocycles. The van der Waals surface area contributed by atoms with E-state index in [4.69, 9.17) is 0 Å². The van der Waals surface area contributed by atoms with E-state index in [1.165, 1.54) is 0 Å². The van der Waals surface area contributed by atoms with Crippen molar-refractivity contribution in [1.29, 1.82) is 0 Å². The molecule has 4 rings (SSSR count). The Labute approximate surface area is 133 Å². The highest BCUT2D eigenvalue weighted by molar-refractivity contribution is 6.04. The predicted octanol–water partition coefficient (Wildman–Crippen LogP) is 1.08. The number of carbonyl (C=O) groups is 1. The van der Waals surface area contributed by atoms with E-state index in [9.17, 15) is 4.79 Å². The first-order valence-corrected chi connectivity index (χ1v) is 7.67. The summed E-state index contributed by atoms with van der Waals surface area (Å²) in [4.78, 5) is 19.3. The molecule has 1 fully saturated rings. The van der Waals surface area contributed by atoms with Crippen LogP contribution in [0.4, 0.5) is 0 Å². The lowest BCUT2D eigenvalue weighted by Crippen LogP contribution is -2.49. The quantitative estimate of drug-likeness (QED) is 0.742. The highest BCUT2D eigenvalue weighted by Gasteiger charge is 2.32. The molecular formula is C16H18N6O. The van der Waals surface area contributed by atoms with Gasteiger partial charge in [-0.05, 0) is 6.07 Å². The molecule has 0 aliphatic carbocycles. The summed E-state index contributed by atoms with van der Waals surface area (Å²) < 4.78 is 1.96. The summed E-state index contributed by atoms with van der Waals surface area (Å²) in [5.41, 5.74) is 1.35. The third-order valence-corrected chi connectivity index (χ3v) is 4.33. The summed E-state index contributed by atoms with van der Waals surface area (Å²) in [6, 6.07) is 7.60. The summed E-state index contributed by atoms with van der Waals surface area (Å²) in [5.74, 6) is 0.822. The van der Waals surface area contributed by atoms with Gasteiger partial charge in [-0.25, -0.2) is 4.98 Å². The van der Waals surface area contributed by atoms with Crippen molar-refractivity contribution in [2.45, 2.75) is 6.04 Å². The number of para-hydroxylation sites is 1. The van der Waals surface area contributed by atoms with E-state index in [0.717, 1.165) is 23.3 Å². The number of nitrogens with one attached hydrogen (secondary N) is 2. The van der Waals surface area contributed by atoms with Gasteiger partial charge < -0.3 is 14.8 Å². The minimum Gasteiger partial charge on any atom is -0.336 e. The van der Waals surface area contributed by atoms with Crippen LogP contribution in [-0.4, -0.2) is 50.2 Å². The van der Waals surface area contributed by atoms with E-state index >= 15 is 0 Å². The summed E-state index contributed by atoms with van der Waals surface area (Å²) in [7, 11) is 1.95. The third kappa shape index (κ3) is 2.29. The summed E-state index contributed by atoms with van der Waals surface area (Å²) in [6.45, 7) is 2.10. The topological polar surface area (TPSA) is 78.8 Å². The zero-order valence-electron chi connectivity index (χ0n) is 12.9. The van der Waals surface area contributed by atoms with Gasteiger partial charge in [0, 0.05) is 44.5 Å². The van der Waals surface area contributed by atoms with Crippen LogP contribution in [0.1, 0.15) is 22.4 Å². The molecule has 0 saturated carbocycles. The number of imidazole rings is 1. The minimum absolute atomic E-state index is 0.0584. The first-order valence-electron chi connectivity index (χ1n) is 7.67. The molecule has 0 spiro atoms. The monoisotopic (exact) mass is 310 g/mol. The molecule has 2 N–H and O–H groups in total. The molecule has 118 valence electrons. The summed E-state index contributed by atoms with van der Waals surface area (Å²) in [6.07, 6.45) is 3.66. The number of rotatable bonds is 2. The van der Waals surface area contributed by atoms with E-state index in [1.54, 1.807) is 6.20 Å². The fraction of sp³-hybridized carbons (Fsp3) is 0.312. The lowest BCUT2D eigenvalue weighted by atomic mass is 10.1. The smallest absolute Gasteiger partial charge is 0.275 e. The highest BCUT2D eigenvalue weighted by Crippen LogP contribution is 2.24. The van der Waals surface area contributed by atoms with Crippen LogP contribution >= 0.6 is 0 Å². The van der Waals surface area contributed by atoms with Gasteiger partial charge in [-0.15, -0.1) is 0 Å². The third-order valence-electron chi connectivity index (χ3n) is 4.33. The predicted molar refractivity (Wildman–Crippen MR) is 85.9 cm³/mol. The molecular weight excluding hydrogens is 292 g/mol. The number of amides is 1. The Hall–Kier alpha value is -2.67. The molecule has 0 bridgehead atoms. The number of piperazine rings is 1. The number of H-pyrrole nitrogens is 1. The lowest BCUT2D eigenvalue weighted by Gasteiger charge is -2.35. The van der Waals surface area contributed by atoms with Gasteiger partial charge >= 0.3 is 0 Å². The van der Waals surface area contributed by atoms with Crippen molar-refractivity contribution < 1.29 is 4.79 Å². The average molecular weight is 310 g/mol. The fourth-order valence-electron chi connectivity index (χ4n) is 3.14. The van der Waals surface area contributed by atoms with E-state index in [2.05, 4.69) is 20.5 Å². The second kappa shape index (κ2) is 5.51. The number of nitrogens with zero attached hydrogens (tertiary/aromatic N) is 4. The van der Waals surface area contributed by atoms with Gasteiger partial charge in [-0.2, -0.15) is 5.10 Å². The molecule has 0 radical (unpaired) electrons. The molecule has 2 aromatic heterocycles. The van der Waals surface area contributed by atoms with Gasteiger partial charge in [0.15, 0.2) is 5.69 Å². The minimum atomic E-state index is -0.0910. The van der Waals surface area contributed by atoms with Crippen LogP contribution < -0.4 is 5.32 Å². The first-order chi connectivity index (χ1) is 11.3. The van der Waals surface area contributed by atoms with E-state index < -0.39 is 0 Å². The number of carbonyl (C=O) groups excluding carboxylic acids is 1. The SMILES string of the molecule is Cn1ccnc1C1CNCCN1C(=O)c1n[nH]c2ccccc12. The van der Waals surface area contributed by atoms with E-state index in [0.29, 0.717) is 18.8 Å². The van der Waals surface area contributed by atoms with Crippen molar-refractivity contribution in [2.75, 3.05) is 19.6 Å². The molecule has 23 heavy (non-hydrogen) atoms. The molecule has 7 heteroatoms.